The molecule has 0 radical (unpaired) electrons. The van der Waals surface area contributed by atoms with Crippen LogP contribution in [0, 0.1) is 5.92 Å². The quantitative estimate of drug-likeness (QED) is 0.817. The molecule has 1 fully saturated rings. The van der Waals surface area contributed by atoms with Crippen LogP contribution in [0.4, 0.5) is 0 Å². The summed E-state index contributed by atoms with van der Waals surface area (Å²) in [6.45, 7) is 2.95. The lowest BCUT2D eigenvalue weighted by atomic mass is 10.2. The average molecular weight is 287 g/mol. The van der Waals surface area contributed by atoms with Crippen LogP contribution in [0.1, 0.15) is 25.7 Å². The summed E-state index contributed by atoms with van der Waals surface area (Å²) in [7, 11) is 3.76. The molecular formula is C16H21N3O2. The number of hydrogen-bond donors (Lipinski definition) is 0. The van der Waals surface area contributed by atoms with Gasteiger partial charge in [-0.15, -0.1) is 0 Å². The second kappa shape index (κ2) is 5.85. The van der Waals surface area contributed by atoms with E-state index in [0.717, 1.165) is 17.2 Å². The molecule has 5 heteroatoms. The van der Waals surface area contributed by atoms with Gasteiger partial charge < -0.3 is 9.26 Å². The van der Waals surface area contributed by atoms with Crippen LogP contribution >= 0.6 is 0 Å². The molecule has 0 amide bonds. The lowest BCUT2D eigenvalue weighted by molar-refractivity contribution is 0.197. The maximum Gasteiger partial charge on any atom is 0.241 e. The van der Waals surface area contributed by atoms with Crippen LogP contribution in [0.25, 0.3) is 11.4 Å². The van der Waals surface area contributed by atoms with Crippen molar-refractivity contribution in [2.45, 2.75) is 32.4 Å². The number of aromatic nitrogens is 2. The number of ether oxygens (including phenoxy) is 1. The van der Waals surface area contributed by atoms with Crippen LogP contribution in [0.15, 0.2) is 28.8 Å². The smallest absolute Gasteiger partial charge is 0.241 e. The number of hydrogen-bond acceptors (Lipinski definition) is 5. The Bertz CT molecular complexity index is 607. The highest BCUT2D eigenvalue weighted by Gasteiger charge is 2.31. The Balaban J connectivity index is 1.70. The molecule has 5 nitrogen and oxygen atoms in total. The Labute approximate surface area is 124 Å². The van der Waals surface area contributed by atoms with Gasteiger partial charge in [-0.3, -0.25) is 4.90 Å². The fourth-order valence-corrected chi connectivity index (χ4v) is 2.49. The highest BCUT2D eigenvalue weighted by Crippen LogP contribution is 2.35. The molecule has 1 unspecified atom stereocenters. The second-order valence-corrected chi connectivity index (χ2v) is 5.74. The Hall–Kier alpha value is -1.88. The summed E-state index contributed by atoms with van der Waals surface area (Å²) in [5.74, 6) is 2.88. The van der Waals surface area contributed by atoms with Gasteiger partial charge in [0.1, 0.15) is 5.75 Å². The van der Waals surface area contributed by atoms with Gasteiger partial charge in [-0.2, -0.15) is 4.98 Å². The first kappa shape index (κ1) is 14.1. The number of nitrogens with zero attached hydrogens (tertiary/aromatic N) is 3. The van der Waals surface area contributed by atoms with Crippen LogP contribution in [-0.4, -0.2) is 35.2 Å². The first-order valence-electron chi connectivity index (χ1n) is 7.34. The Morgan fingerprint density at radius 1 is 1.43 bits per heavy atom. The molecular weight excluding hydrogens is 266 g/mol. The van der Waals surface area contributed by atoms with Gasteiger partial charge >= 0.3 is 0 Å². The van der Waals surface area contributed by atoms with Crippen molar-refractivity contribution in [2.24, 2.45) is 5.92 Å². The van der Waals surface area contributed by atoms with E-state index in [1.54, 1.807) is 7.11 Å². The molecule has 0 aliphatic heterocycles. The average Bonchev–Trinajstić information content (AvgIpc) is 3.26. The molecule has 0 bridgehead atoms. The van der Waals surface area contributed by atoms with Gasteiger partial charge in [0.05, 0.1) is 13.7 Å². The molecule has 1 heterocycles. The summed E-state index contributed by atoms with van der Waals surface area (Å²) >= 11 is 0. The molecule has 1 aliphatic rings. The topological polar surface area (TPSA) is 51.4 Å². The van der Waals surface area contributed by atoms with Crippen molar-refractivity contribution >= 4 is 0 Å². The minimum Gasteiger partial charge on any atom is -0.497 e. The fourth-order valence-electron chi connectivity index (χ4n) is 2.49. The van der Waals surface area contributed by atoms with Crippen molar-refractivity contribution < 1.29 is 9.26 Å². The molecule has 1 aromatic heterocycles. The van der Waals surface area contributed by atoms with Gasteiger partial charge in [0.15, 0.2) is 0 Å². The van der Waals surface area contributed by atoms with Crippen LogP contribution in [0.5, 0.6) is 5.75 Å². The first-order valence-corrected chi connectivity index (χ1v) is 7.34. The normalized spacial score (nSPS) is 16.2. The van der Waals surface area contributed by atoms with Gasteiger partial charge in [-0.1, -0.05) is 17.3 Å². The van der Waals surface area contributed by atoms with Crippen molar-refractivity contribution in [3.05, 3.63) is 30.2 Å². The number of methoxy groups -OCH3 is 1. The zero-order valence-corrected chi connectivity index (χ0v) is 12.7. The molecule has 1 aliphatic carbocycles. The van der Waals surface area contributed by atoms with E-state index in [4.69, 9.17) is 9.26 Å². The molecule has 1 atom stereocenters. The van der Waals surface area contributed by atoms with Crippen LogP contribution in [0.3, 0.4) is 0 Å². The molecule has 3 rings (SSSR count). The lowest BCUT2D eigenvalue weighted by Crippen LogP contribution is -2.30. The van der Waals surface area contributed by atoms with E-state index >= 15 is 0 Å². The maximum atomic E-state index is 5.37. The zero-order chi connectivity index (χ0) is 14.8. The molecule has 2 aromatic rings. The molecule has 21 heavy (non-hydrogen) atoms. The van der Waals surface area contributed by atoms with E-state index in [1.165, 1.54) is 12.8 Å². The van der Waals surface area contributed by atoms with Crippen molar-refractivity contribution in [3.8, 4) is 17.1 Å². The minimum atomic E-state index is 0.567. The summed E-state index contributed by atoms with van der Waals surface area (Å²) in [6, 6.07) is 8.25. The third-order valence-corrected chi connectivity index (χ3v) is 4.18. The summed E-state index contributed by atoms with van der Waals surface area (Å²) in [5.41, 5.74) is 0.905. The summed E-state index contributed by atoms with van der Waals surface area (Å²) in [5, 5.41) is 4.07. The summed E-state index contributed by atoms with van der Waals surface area (Å²) in [4.78, 5) is 6.76. The van der Waals surface area contributed by atoms with E-state index in [-0.39, 0.29) is 0 Å². The Kier molecular flexibility index (Phi) is 3.92. The molecule has 1 aromatic carbocycles. The van der Waals surface area contributed by atoms with Gasteiger partial charge in [0.2, 0.25) is 11.7 Å². The van der Waals surface area contributed by atoms with Crippen LogP contribution in [0.2, 0.25) is 0 Å². The highest BCUT2D eigenvalue weighted by molar-refractivity contribution is 5.56. The van der Waals surface area contributed by atoms with Crippen LogP contribution < -0.4 is 4.74 Å². The molecule has 0 saturated heterocycles. The lowest BCUT2D eigenvalue weighted by Gasteiger charge is -2.22. The van der Waals surface area contributed by atoms with E-state index in [0.29, 0.717) is 24.3 Å². The third-order valence-electron chi connectivity index (χ3n) is 4.18. The van der Waals surface area contributed by atoms with Crippen molar-refractivity contribution in [1.29, 1.82) is 0 Å². The van der Waals surface area contributed by atoms with Crippen molar-refractivity contribution in [3.63, 3.8) is 0 Å². The van der Waals surface area contributed by atoms with Gasteiger partial charge in [-0.05, 0) is 44.9 Å². The summed E-state index contributed by atoms with van der Waals surface area (Å²) in [6.07, 6.45) is 2.68. The fraction of sp³-hybridized carbons (Fsp3) is 0.500. The Morgan fingerprint density at radius 3 is 2.95 bits per heavy atom. The molecule has 112 valence electrons. The van der Waals surface area contributed by atoms with E-state index in [1.807, 2.05) is 24.3 Å². The van der Waals surface area contributed by atoms with E-state index in [9.17, 15) is 0 Å². The summed E-state index contributed by atoms with van der Waals surface area (Å²) < 4.78 is 10.6. The largest absolute Gasteiger partial charge is 0.497 e. The van der Waals surface area contributed by atoms with Gasteiger partial charge in [0, 0.05) is 11.6 Å². The number of benzene rings is 1. The molecule has 1 saturated carbocycles. The Morgan fingerprint density at radius 2 is 2.24 bits per heavy atom. The standard InChI is InChI=1S/C16H21N3O2/c1-11(12-7-8-12)19(2)10-15-17-16(18-21-15)13-5-4-6-14(9-13)20-3/h4-6,9,11-12H,7-8,10H2,1-3H3. The van der Waals surface area contributed by atoms with E-state index in [2.05, 4.69) is 29.0 Å². The van der Waals surface area contributed by atoms with Crippen molar-refractivity contribution in [1.82, 2.24) is 15.0 Å². The van der Waals surface area contributed by atoms with E-state index < -0.39 is 0 Å². The predicted octanol–water partition coefficient (Wildman–Crippen LogP) is 2.98. The highest BCUT2D eigenvalue weighted by atomic mass is 16.5. The minimum absolute atomic E-state index is 0.567. The SMILES string of the molecule is COc1cccc(-c2noc(CN(C)C(C)C3CC3)n2)c1. The zero-order valence-electron chi connectivity index (χ0n) is 12.7. The van der Waals surface area contributed by atoms with Crippen molar-refractivity contribution in [2.75, 3.05) is 14.2 Å². The first-order chi connectivity index (χ1) is 10.2. The van der Waals surface area contributed by atoms with Crippen LogP contribution in [-0.2, 0) is 6.54 Å². The van der Waals surface area contributed by atoms with Gasteiger partial charge in [-0.25, -0.2) is 0 Å². The molecule has 0 spiro atoms. The predicted molar refractivity (Wildman–Crippen MR) is 79.9 cm³/mol. The number of rotatable bonds is 6. The second-order valence-electron chi connectivity index (χ2n) is 5.74. The third kappa shape index (κ3) is 3.24. The monoisotopic (exact) mass is 287 g/mol. The maximum absolute atomic E-state index is 5.37. The van der Waals surface area contributed by atoms with Gasteiger partial charge in [0.25, 0.3) is 0 Å². The molecule has 0 N–H and O–H groups in total.